The molecule has 0 aromatic heterocycles. The van der Waals surface area contributed by atoms with Gasteiger partial charge in [-0.2, -0.15) is 0 Å². The van der Waals surface area contributed by atoms with Crippen LogP contribution < -0.4 is 5.32 Å². The molecular weight excluding hydrogens is 578 g/mol. The molecule has 0 rings (SSSR count). The number of carbonyl (C=O) groups excluding carboxylic acids is 1. The van der Waals surface area contributed by atoms with E-state index in [-0.39, 0.29) is 12.5 Å². The van der Waals surface area contributed by atoms with Crippen LogP contribution in [-0.4, -0.2) is 34.9 Å². The van der Waals surface area contributed by atoms with Gasteiger partial charge in [0.15, 0.2) is 0 Å². The van der Waals surface area contributed by atoms with Crippen molar-refractivity contribution in [1.82, 2.24) is 5.32 Å². The van der Waals surface area contributed by atoms with E-state index in [9.17, 15) is 15.0 Å². The summed E-state index contributed by atoms with van der Waals surface area (Å²) in [5, 5.41) is 23.1. The summed E-state index contributed by atoms with van der Waals surface area (Å²) in [5.41, 5.74) is 0. The number of unbranched alkanes of at least 4 members (excludes halogenated alkanes) is 30. The maximum atomic E-state index is 12.4. The molecule has 0 aliphatic rings. The zero-order valence-corrected chi connectivity index (χ0v) is 32.1. The summed E-state index contributed by atoms with van der Waals surface area (Å²) in [6.07, 6.45) is 48.5. The number of hydrogen-bond donors (Lipinski definition) is 3. The Morgan fingerprint density at radius 3 is 1.17 bits per heavy atom. The molecule has 0 aliphatic heterocycles. The number of allylic oxidation sites excluding steroid dienone is 2. The van der Waals surface area contributed by atoms with Gasteiger partial charge in [-0.05, 0) is 38.5 Å². The van der Waals surface area contributed by atoms with Crippen molar-refractivity contribution in [3.05, 3.63) is 12.2 Å². The van der Waals surface area contributed by atoms with Gasteiger partial charge in [0, 0.05) is 6.42 Å². The highest BCUT2D eigenvalue weighted by Crippen LogP contribution is 2.16. The first kappa shape index (κ1) is 46.1. The van der Waals surface area contributed by atoms with Gasteiger partial charge in [0.05, 0.1) is 18.8 Å². The van der Waals surface area contributed by atoms with Crippen LogP contribution in [0.15, 0.2) is 12.2 Å². The van der Waals surface area contributed by atoms with Crippen molar-refractivity contribution in [2.45, 2.75) is 251 Å². The van der Waals surface area contributed by atoms with E-state index in [0.717, 1.165) is 25.7 Å². The highest BCUT2D eigenvalue weighted by molar-refractivity contribution is 5.76. The van der Waals surface area contributed by atoms with E-state index in [0.29, 0.717) is 12.8 Å². The molecule has 280 valence electrons. The quantitative estimate of drug-likeness (QED) is 0.0453. The average molecular weight is 664 g/mol. The summed E-state index contributed by atoms with van der Waals surface area (Å²) >= 11 is 0. The van der Waals surface area contributed by atoms with Crippen LogP contribution in [0, 0.1) is 0 Å². The fraction of sp³-hybridized carbons (Fsp3) is 0.930. The third kappa shape index (κ3) is 36.2. The lowest BCUT2D eigenvalue weighted by Gasteiger charge is -2.22. The maximum absolute atomic E-state index is 12.4. The molecule has 0 aromatic carbocycles. The number of aliphatic hydroxyl groups is 2. The van der Waals surface area contributed by atoms with Crippen molar-refractivity contribution in [1.29, 1.82) is 0 Å². The van der Waals surface area contributed by atoms with Gasteiger partial charge in [-0.3, -0.25) is 4.79 Å². The Hall–Kier alpha value is -0.870. The van der Waals surface area contributed by atoms with Crippen LogP contribution in [0.1, 0.15) is 239 Å². The minimum Gasteiger partial charge on any atom is -0.394 e. The Bertz CT molecular complexity index is 637. The second kappa shape index (κ2) is 39.6. The molecule has 0 aliphatic carbocycles. The van der Waals surface area contributed by atoms with Gasteiger partial charge >= 0.3 is 0 Å². The minimum atomic E-state index is -0.655. The molecule has 4 heteroatoms. The van der Waals surface area contributed by atoms with Gasteiger partial charge in [-0.1, -0.05) is 206 Å². The largest absolute Gasteiger partial charge is 0.394 e. The molecule has 0 saturated carbocycles. The molecule has 0 spiro atoms. The fourth-order valence-electron chi connectivity index (χ4n) is 6.71. The van der Waals surface area contributed by atoms with Gasteiger partial charge < -0.3 is 15.5 Å². The maximum Gasteiger partial charge on any atom is 0.220 e. The fourth-order valence-corrected chi connectivity index (χ4v) is 6.71. The summed E-state index contributed by atoms with van der Waals surface area (Å²) in [6.45, 7) is 4.36. The summed E-state index contributed by atoms with van der Waals surface area (Å²) < 4.78 is 0. The van der Waals surface area contributed by atoms with Crippen LogP contribution in [0.25, 0.3) is 0 Å². The molecule has 47 heavy (non-hydrogen) atoms. The van der Waals surface area contributed by atoms with Crippen molar-refractivity contribution in [2.75, 3.05) is 6.61 Å². The Kier molecular flexibility index (Phi) is 38.8. The standard InChI is InChI=1S/C43H85NO3/c1-3-5-7-9-11-13-15-17-19-20-21-22-23-24-25-27-29-31-33-35-37-39-43(47)44-41(40-45)42(46)38-36-34-32-30-28-26-18-16-14-12-10-8-6-4-2/h17,19,41-42,45-46H,3-16,18,20-40H2,1-2H3,(H,44,47)/b19-17+/t41-,42+/m0/s1. The first-order valence-electron chi connectivity index (χ1n) is 21.4. The van der Waals surface area contributed by atoms with E-state index in [1.807, 2.05) is 0 Å². The molecule has 1 amide bonds. The first-order valence-corrected chi connectivity index (χ1v) is 21.4. The van der Waals surface area contributed by atoms with Crippen LogP contribution in [0.4, 0.5) is 0 Å². The molecule has 0 radical (unpaired) electrons. The SMILES string of the molecule is CCCCCCCC/C=C/CCCCCCCCCCCCCC(=O)N[C@@H](CO)[C@H](O)CCCCCCCCCCCCCCCC. The molecule has 0 saturated heterocycles. The normalized spacial score (nSPS) is 13.0. The first-order chi connectivity index (χ1) is 23.2. The van der Waals surface area contributed by atoms with Crippen molar-refractivity contribution in [2.24, 2.45) is 0 Å². The average Bonchev–Trinajstić information content (AvgIpc) is 3.07. The molecule has 0 unspecified atom stereocenters. The smallest absolute Gasteiger partial charge is 0.220 e. The van der Waals surface area contributed by atoms with Crippen LogP contribution in [0.3, 0.4) is 0 Å². The van der Waals surface area contributed by atoms with Crippen molar-refractivity contribution < 1.29 is 15.0 Å². The van der Waals surface area contributed by atoms with Crippen molar-refractivity contribution in [3.63, 3.8) is 0 Å². The minimum absolute atomic E-state index is 0.0302. The highest BCUT2D eigenvalue weighted by Gasteiger charge is 2.20. The Labute approximate surface area is 295 Å². The predicted molar refractivity (Wildman–Crippen MR) is 207 cm³/mol. The summed E-state index contributed by atoms with van der Waals surface area (Å²) in [4.78, 5) is 12.4. The Morgan fingerprint density at radius 2 is 0.809 bits per heavy atom. The topological polar surface area (TPSA) is 69.6 Å². The van der Waals surface area contributed by atoms with E-state index in [1.165, 1.54) is 186 Å². The third-order valence-corrected chi connectivity index (χ3v) is 10.0. The van der Waals surface area contributed by atoms with Gasteiger partial charge in [0.2, 0.25) is 5.91 Å². The lowest BCUT2D eigenvalue weighted by atomic mass is 10.0. The lowest BCUT2D eigenvalue weighted by molar-refractivity contribution is -0.123. The zero-order chi connectivity index (χ0) is 34.3. The van der Waals surface area contributed by atoms with E-state index < -0.39 is 12.1 Å². The predicted octanol–water partition coefficient (Wildman–Crippen LogP) is 13.1. The molecule has 0 bridgehead atoms. The van der Waals surface area contributed by atoms with E-state index in [4.69, 9.17) is 0 Å². The monoisotopic (exact) mass is 664 g/mol. The number of aliphatic hydroxyl groups excluding tert-OH is 2. The summed E-state index contributed by atoms with van der Waals surface area (Å²) in [7, 11) is 0. The lowest BCUT2D eigenvalue weighted by Crippen LogP contribution is -2.45. The van der Waals surface area contributed by atoms with Gasteiger partial charge in [0.1, 0.15) is 0 Å². The van der Waals surface area contributed by atoms with Crippen LogP contribution in [0.2, 0.25) is 0 Å². The molecule has 0 heterocycles. The van der Waals surface area contributed by atoms with Crippen LogP contribution in [-0.2, 0) is 4.79 Å². The Morgan fingerprint density at radius 1 is 0.489 bits per heavy atom. The van der Waals surface area contributed by atoms with Crippen LogP contribution >= 0.6 is 0 Å². The van der Waals surface area contributed by atoms with Gasteiger partial charge in [-0.25, -0.2) is 0 Å². The number of rotatable bonds is 39. The van der Waals surface area contributed by atoms with Gasteiger partial charge in [-0.15, -0.1) is 0 Å². The number of nitrogens with one attached hydrogen (secondary N) is 1. The van der Waals surface area contributed by atoms with E-state index >= 15 is 0 Å². The molecular formula is C43H85NO3. The molecule has 3 N–H and O–H groups in total. The molecule has 2 atom stereocenters. The third-order valence-electron chi connectivity index (χ3n) is 10.0. The molecule has 0 fully saturated rings. The number of amides is 1. The van der Waals surface area contributed by atoms with Crippen LogP contribution in [0.5, 0.6) is 0 Å². The highest BCUT2D eigenvalue weighted by atomic mass is 16.3. The second-order valence-corrected chi connectivity index (χ2v) is 14.8. The van der Waals surface area contributed by atoms with E-state index in [1.54, 1.807) is 0 Å². The number of hydrogen-bond acceptors (Lipinski definition) is 3. The Balaban J connectivity index is 3.49. The molecule has 4 nitrogen and oxygen atoms in total. The number of carbonyl (C=O) groups is 1. The van der Waals surface area contributed by atoms with Crippen molar-refractivity contribution in [3.8, 4) is 0 Å². The zero-order valence-electron chi connectivity index (χ0n) is 32.1. The summed E-state index contributed by atoms with van der Waals surface area (Å²) in [6, 6.07) is -0.532. The second-order valence-electron chi connectivity index (χ2n) is 14.8. The summed E-state index contributed by atoms with van der Waals surface area (Å²) in [5.74, 6) is -0.0302. The molecule has 0 aromatic rings. The van der Waals surface area contributed by atoms with Crippen molar-refractivity contribution >= 4 is 5.91 Å². The van der Waals surface area contributed by atoms with E-state index in [2.05, 4.69) is 31.3 Å². The van der Waals surface area contributed by atoms with Gasteiger partial charge in [0.25, 0.3) is 0 Å².